The maximum Gasteiger partial charge on any atom is 0.224 e. The molecule has 10 nitrogen and oxygen atoms in total. The molecule has 0 radical (unpaired) electrons. The highest BCUT2D eigenvalue weighted by molar-refractivity contribution is 6.06. The van der Waals surface area contributed by atoms with E-state index in [1.165, 1.54) is 6.07 Å². The van der Waals surface area contributed by atoms with Crippen molar-refractivity contribution in [3.05, 3.63) is 28.8 Å². The lowest BCUT2D eigenvalue weighted by Gasteiger charge is -2.31. The average molecular weight is 485 g/mol. The summed E-state index contributed by atoms with van der Waals surface area (Å²) in [6.45, 7) is -0.176. The van der Waals surface area contributed by atoms with Crippen LogP contribution < -0.4 is 5.73 Å². The fourth-order valence-corrected chi connectivity index (χ4v) is 4.67. The molecule has 1 aliphatic carbocycles. The number of nitrogens with two attached hydrogens (primary N) is 1. The van der Waals surface area contributed by atoms with E-state index in [4.69, 9.17) is 5.73 Å². The average Bonchev–Trinajstić information content (AvgIpc) is 2.72. The van der Waals surface area contributed by atoms with Crippen molar-refractivity contribution in [2.24, 2.45) is 23.5 Å². The normalized spacial score (nSPS) is 17.0. The summed E-state index contributed by atoms with van der Waals surface area (Å²) in [6.07, 6.45) is 0.773. The largest absolute Gasteiger partial charge is 0.507 e. The number of phenolic OH excluding ortho intramolecular Hbond substituents is 1. The molecule has 1 amide bonds. The molecule has 0 bridgehead atoms. The van der Waals surface area contributed by atoms with Gasteiger partial charge >= 0.3 is 0 Å². The zero-order chi connectivity index (χ0) is 24.7. The fourth-order valence-electron chi connectivity index (χ4n) is 4.67. The van der Waals surface area contributed by atoms with Crippen LogP contribution in [0.15, 0.2) is 12.1 Å². The van der Waals surface area contributed by atoms with Crippen LogP contribution in [-0.2, 0) is 16.0 Å². The van der Waals surface area contributed by atoms with Crippen LogP contribution in [0.4, 0.5) is 0 Å². The van der Waals surface area contributed by atoms with E-state index in [2.05, 4.69) is 0 Å². The van der Waals surface area contributed by atoms with Gasteiger partial charge in [0.05, 0.1) is 18.6 Å². The number of aromatic hydroxyl groups is 1. The number of hydrogen-bond donors (Lipinski definition) is 4. The van der Waals surface area contributed by atoms with Crippen LogP contribution in [0, 0.1) is 17.8 Å². The van der Waals surface area contributed by atoms with Crippen LogP contribution in [-0.4, -0.2) is 82.8 Å². The number of ketones is 3. The first-order chi connectivity index (χ1) is 15.6. The Hall–Kier alpha value is -2.66. The van der Waals surface area contributed by atoms with Crippen molar-refractivity contribution in [2.75, 3.05) is 33.9 Å². The van der Waals surface area contributed by atoms with E-state index in [9.17, 15) is 34.5 Å². The first-order valence-corrected chi connectivity index (χ1v) is 11.2. The minimum Gasteiger partial charge on any atom is -0.507 e. The Labute approximate surface area is 202 Å². The molecule has 0 aromatic heterocycles. The Morgan fingerprint density at radius 2 is 1.88 bits per heavy atom. The molecule has 3 unspecified atom stereocenters. The number of fused-ring (bicyclic) bond motifs is 1. The van der Waals surface area contributed by atoms with Crippen molar-refractivity contribution in [2.45, 2.75) is 38.5 Å². The summed E-state index contributed by atoms with van der Waals surface area (Å²) in [7, 11) is 3.72. The minimum atomic E-state index is -0.883. The molecule has 1 aromatic rings. The summed E-state index contributed by atoms with van der Waals surface area (Å²) in [6, 6.07) is 2.92. The van der Waals surface area contributed by atoms with Gasteiger partial charge in [-0.2, -0.15) is 0 Å². The number of carbonyl (C=O) groups excluding carboxylic acids is 4. The van der Waals surface area contributed by atoms with Crippen LogP contribution in [0.3, 0.4) is 0 Å². The Bertz CT molecular complexity index is 910. The molecule has 7 N–H and O–H groups in total. The van der Waals surface area contributed by atoms with Crippen molar-refractivity contribution >= 4 is 23.3 Å². The maximum atomic E-state index is 12.9. The highest BCUT2D eigenvalue weighted by Crippen LogP contribution is 2.38. The van der Waals surface area contributed by atoms with Gasteiger partial charge in [-0.1, -0.05) is 0 Å². The van der Waals surface area contributed by atoms with Gasteiger partial charge in [-0.15, -0.1) is 0 Å². The Morgan fingerprint density at radius 1 is 1.21 bits per heavy atom. The summed E-state index contributed by atoms with van der Waals surface area (Å²) in [5.74, 6) is -3.45. The Morgan fingerprint density at radius 3 is 2.44 bits per heavy atom. The molecule has 2 rings (SSSR count). The van der Waals surface area contributed by atoms with Gasteiger partial charge in [-0.3, -0.25) is 19.2 Å². The van der Waals surface area contributed by atoms with Crippen molar-refractivity contribution < 1.29 is 42.8 Å². The molecule has 1 aliphatic rings. The summed E-state index contributed by atoms with van der Waals surface area (Å²) >= 11 is 0. The van der Waals surface area contributed by atoms with E-state index in [-0.39, 0.29) is 63.0 Å². The standard InChI is InChI=1S/C24H34N2O7.H2O.2H2/c1-26(2)7-5-19(29)16-3-4-20(30)24-17(16)10-14(11-22(24)32)9-15(6-8-27)18(13-28)21(31)12-23(25)33;;;/h3-4,14-15,18,27-28,30H,5-13H2,1-2H3,(H2,25,33);1H2;2*1H. The third kappa shape index (κ3) is 7.42. The summed E-state index contributed by atoms with van der Waals surface area (Å²) in [5.41, 5.74) is 6.21. The van der Waals surface area contributed by atoms with Crippen LogP contribution in [0.1, 0.15) is 61.2 Å². The van der Waals surface area contributed by atoms with Crippen molar-refractivity contribution in [1.29, 1.82) is 0 Å². The molecule has 0 saturated heterocycles. The fraction of sp³-hybridized carbons (Fsp3) is 0.583. The smallest absolute Gasteiger partial charge is 0.224 e. The number of benzene rings is 1. The SMILES string of the molecule is CN(C)CCC(=O)c1ccc(O)c2c1CC(CC(CCO)C(CO)C(=O)CC(N)=O)CC2=O.O.[HH].[HH]. The molecule has 0 aliphatic heterocycles. The van der Waals surface area contributed by atoms with E-state index in [0.29, 0.717) is 30.5 Å². The number of carbonyl (C=O) groups is 4. The van der Waals surface area contributed by atoms with Crippen LogP contribution in [0.2, 0.25) is 0 Å². The second-order valence-electron chi connectivity index (χ2n) is 9.07. The molecule has 34 heavy (non-hydrogen) atoms. The van der Waals surface area contributed by atoms with Gasteiger partial charge in [0.15, 0.2) is 11.6 Å². The highest BCUT2D eigenvalue weighted by atomic mass is 16.3. The lowest BCUT2D eigenvalue weighted by Crippen LogP contribution is -2.34. The number of aliphatic hydroxyl groups excluding tert-OH is 2. The minimum absolute atomic E-state index is 0. The Kier molecular flexibility index (Phi) is 11.5. The second-order valence-corrected chi connectivity index (χ2v) is 9.07. The monoisotopic (exact) mass is 484 g/mol. The number of rotatable bonds is 13. The molecular formula is C24H40N2O8. The van der Waals surface area contributed by atoms with Gasteiger partial charge in [0, 0.05) is 40.3 Å². The molecule has 0 fully saturated rings. The van der Waals surface area contributed by atoms with Crippen LogP contribution >= 0.6 is 0 Å². The van der Waals surface area contributed by atoms with Gasteiger partial charge in [0.1, 0.15) is 11.5 Å². The van der Waals surface area contributed by atoms with E-state index in [0.717, 1.165) is 0 Å². The summed E-state index contributed by atoms with van der Waals surface area (Å²) < 4.78 is 0. The number of hydrogen-bond acceptors (Lipinski definition) is 8. The lowest BCUT2D eigenvalue weighted by molar-refractivity contribution is -0.131. The highest BCUT2D eigenvalue weighted by Gasteiger charge is 2.35. The predicted octanol–water partition coefficient (Wildman–Crippen LogP) is 0.381. The zero-order valence-electron chi connectivity index (χ0n) is 19.7. The molecule has 1 aromatic carbocycles. The third-order valence-electron chi connectivity index (χ3n) is 6.29. The number of nitrogens with zero attached hydrogens (tertiary/aromatic N) is 1. The van der Waals surface area contributed by atoms with Gasteiger partial charge in [0.2, 0.25) is 5.91 Å². The quantitative estimate of drug-likeness (QED) is 0.228. The molecule has 0 heterocycles. The predicted molar refractivity (Wildman–Crippen MR) is 129 cm³/mol. The van der Waals surface area contributed by atoms with Crippen LogP contribution in [0.25, 0.3) is 0 Å². The van der Waals surface area contributed by atoms with Gasteiger partial charge in [-0.25, -0.2) is 0 Å². The number of primary amides is 1. The zero-order valence-corrected chi connectivity index (χ0v) is 19.7. The van der Waals surface area contributed by atoms with Gasteiger partial charge in [-0.05, 0) is 62.9 Å². The van der Waals surface area contributed by atoms with Gasteiger partial charge < -0.3 is 31.4 Å². The van der Waals surface area contributed by atoms with E-state index < -0.39 is 36.6 Å². The molecule has 194 valence electrons. The lowest BCUT2D eigenvalue weighted by atomic mass is 9.72. The molecule has 10 heteroatoms. The topological polar surface area (TPSA) is 190 Å². The van der Waals surface area contributed by atoms with Crippen molar-refractivity contribution in [3.63, 3.8) is 0 Å². The summed E-state index contributed by atoms with van der Waals surface area (Å²) in [4.78, 5) is 51.2. The molecule has 3 atom stereocenters. The number of amides is 1. The van der Waals surface area contributed by atoms with Crippen molar-refractivity contribution in [3.8, 4) is 5.75 Å². The first-order valence-electron chi connectivity index (χ1n) is 11.2. The number of Topliss-reactive ketones (excluding diaryl/α,β-unsaturated/α-hetero) is 3. The van der Waals surface area contributed by atoms with Gasteiger partial charge in [0.25, 0.3) is 0 Å². The third-order valence-corrected chi connectivity index (χ3v) is 6.29. The van der Waals surface area contributed by atoms with Crippen LogP contribution in [0.5, 0.6) is 5.75 Å². The van der Waals surface area contributed by atoms with E-state index >= 15 is 0 Å². The second kappa shape index (κ2) is 13.3. The van der Waals surface area contributed by atoms with E-state index in [1.807, 2.05) is 19.0 Å². The molecule has 0 saturated carbocycles. The first kappa shape index (κ1) is 29.4. The van der Waals surface area contributed by atoms with E-state index in [1.54, 1.807) is 6.07 Å². The number of aliphatic hydroxyl groups is 2. The maximum absolute atomic E-state index is 12.9. The Balaban J connectivity index is 0. The number of phenols is 1. The molecule has 0 spiro atoms. The van der Waals surface area contributed by atoms with Crippen molar-refractivity contribution in [1.82, 2.24) is 4.90 Å². The summed E-state index contributed by atoms with van der Waals surface area (Å²) in [5, 5.41) is 29.6. The molecular weight excluding hydrogens is 444 g/mol.